The van der Waals surface area contributed by atoms with Crippen molar-refractivity contribution < 1.29 is 0 Å². The summed E-state index contributed by atoms with van der Waals surface area (Å²) in [6.07, 6.45) is 5.60. The standard InChI is InChI=1S/C32H25BrN2/c1-22-16-18-28(23-10-4-2-5-11-23)34-32(24-12-6-3-7-13-24)31(20-22)35-29-15-9-8-14-26(29)27-21-25(33)17-19-30(27)35/h2-15,17-22H,16H2,1H3/b28-18+,31-20+,34-32+. The maximum Gasteiger partial charge on any atom is 0.0946 e. The molecule has 0 amide bonds. The van der Waals surface area contributed by atoms with E-state index in [4.69, 9.17) is 4.99 Å². The van der Waals surface area contributed by atoms with Crippen molar-refractivity contribution in [3.63, 3.8) is 0 Å². The molecular weight excluding hydrogens is 492 g/mol. The van der Waals surface area contributed by atoms with Gasteiger partial charge in [0.15, 0.2) is 0 Å². The fourth-order valence-corrected chi connectivity index (χ4v) is 5.28. The van der Waals surface area contributed by atoms with Crippen molar-refractivity contribution in [1.29, 1.82) is 0 Å². The Labute approximate surface area is 214 Å². The zero-order valence-corrected chi connectivity index (χ0v) is 21.1. The molecule has 3 heteroatoms. The van der Waals surface area contributed by atoms with E-state index in [2.05, 4.69) is 143 Å². The van der Waals surface area contributed by atoms with E-state index in [9.17, 15) is 0 Å². The van der Waals surface area contributed by atoms with Gasteiger partial charge < -0.3 is 4.57 Å². The van der Waals surface area contributed by atoms with Gasteiger partial charge in [0.1, 0.15) is 0 Å². The Bertz CT molecular complexity index is 1620. The number of aromatic nitrogens is 1. The van der Waals surface area contributed by atoms with E-state index in [0.717, 1.165) is 39.1 Å². The minimum atomic E-state index is 0.351. The zero-order chi connectivity index (χ0) is 23.8. The maximum atomic E-state index is 5.36. The zero-order valence-electron chi connectivity index (χ0n) is 19.5. The Morgan fingerprint density at radius 2 is 1.40 bits per heavy atom. The quantitative estimate of drug-likeness (QED) is 0.227. The van der Waals surface area contributed by atoms with Crippen LogP contribution in [0, 0.1) is 5.92 Å². The molecule has 0 radical (unpaired) electrons. The number of rotatable bonds is 3. The summed E-state index contributed by atoms with van der Waals surface area (Å²) in [5.74, 6) is 0.351. The third-order valence-electron chi connectivity index (χ3n) is 6.59. The molecule has 0 aliphatic carbocycles. The lowest BCUT2D eigenvalue weighted by Gasteiger charge is -2.21. The molecule has 1 aliphatic heterocycles. The number of hydrogen-bond acceptors (Lipinski definition) is 1. The number of nitrogens with zero attached hydrogens (tertiary/aromatic N) is 2. The molecule has 170 valence electrons. The second-order valence-electron chi connectivity index (χ2n) is 9.06. The van der Waals surface area contributed by atoms with Crippen LogP contribution in [0.2, 0.25) is 0 Å². The molecule has 1 atom stereocenters. The third-order valence-corrected chi connectivity index (χ3v) is 7.09. The molecule has 1 aromatic heterocycles. The highest BCUT2D eigenvalue weighted by Gasteiger charge is 2.21. The lowest BCUT2D eigenvalue weighted by atomic mass is 9.97. The van der Waals surface area contributed by atoms with Gasteiger partial charge in [-0.15, -0.1) is 0 Å². The van der Waals surface area contributed by atoms with Crippen LogP contribution in [0.15, 0.2) is 125 Å². The first-order valence-electron chi connectivity index (χ1n) is 12.0. The van der Waals surface area contributed by atoms with Gasteiger partial charge in [0.25, 0.3) is 0 Å². The van der Waals surface area contributed by atoms with Gasteiger partial charge in [-0.2, -0.15) is 0 Å². The van der Waals surface area contributed by atoms with E-state index in [1.54, 1.807) is 0 Å². The molecule has 0 spiro atoms. The first kappa shape index (κ1) is 21.8. The largest absolute Gasteiger partial charge is 0.307 e. The number of halogens is 1. The first-order valence-corrected chi connectivity index (χ1v) is 12.8. The summed E-state index contributed by atoms with van der Waals surface area (Å²) >= 11 is 3.68. The fourth-order valence-electron chi connectivity index (χ4n) is 4.92. The highest BCUT2D eigenvalue weighted by atomic mass is 79.9. The second kappa shape index (κ2) is 9.16. The monoisotopic (exact) mass is 516 g/mol. The first-order chi connectivity index (χ1) is 17.2. The van der Waals surface area contributed by atoms with Crippen LogP contribution in [-0.4, -0.2) is 10.3 Å². The summed E-state index contributed by atoms with van der Waals surface area (Å²) in [7, 11) is 0. The normalized spacial score (nSPS) is 20.9. The van der Waals surface area contributed by atoms with E-state index in [1.807, 2.05) is 0 Å². The van der Waals surface area contributed by atoms with Crippen molar-refractivity contribution in [2.75, 3.05) is 0 Å². The SMILES string of the molecule is CC1\C=C(n2c3ccccc3c3cc(Br)ccc32)/C(c2ccccc2)=N/C(c2ccccc2)=C/C1. The Kier molecular flexibility index (Phi) is 5.71. The fraction of sp³-hybridized carbons (Fsp3) is 0.0938. The average molecular weight is 517 g/mol. The Morgan fingerprint density at radius 3 is 2.17 bits per heavy atom. The van der Waals surface area contributed by atoms with Crippen molar-refractivity contribution in [2.24, 2.45) is 10.9 Å². The Morgan fingerprint density at radius 1 is 0.743 bits per heavy atom. The molecule has 2 heterocycles. The van der Waals surface area contributed by atoms with Crippen LogP contribution in [0.4, 0.5) is 0 Å². The van der Waals surface area contributed by atoms with E-state index in [0.29, 0.717) is 5.92 Å². The molecule has 0 bridgehead atoms. The minimum Gasteiger partial charge on any atom is -0.307 e. The molecule has 6 rings (SSSR count). The molecule has 5 aromatic rings. The van der Waals surface area contributed by atoms with Crippen LogP contribution < -0.4 is 0 Å². The molecule has 35 heavy (non-hydrogen) atoms. The summed E-state index contributed by atoms with van der Waals surface area (Å²) in [6.45, 7) is 2.29. The maximum absolute atomic E-state index is 5.36. The van der Waals surface area contributed by atoms with E-state index < -0.39 is 0 Å². The van der Waals surface area contributed by atoms with Crippen LogP contribution in [0.25, 0.3) is 33.2 Å². The van der Waals surface area contributed by atoms with Crippen LogP contribution in [0.1, 0.15) is 24.5 Å². The Balaban J connectivity index is 1.68. The van der Waals surface area contributed by atoms with Crippen LogP contribution in [0.5, 0.6) is 0 Å². The van der Waals surface area contributed by atoms with E-state index in [1.165, 1.54) is 21.8 Å². The second-order valence-corrected chi connectivity index (χ2v) is 9.98. The predicted octanol–water partition coefficient (Wildman–Crippen LogP) is 8.97. The summed E-state index contributed by atoms with van der Waals surface area (Å²) in [4.78, 5) is 5.36. The van der Waals surface area contributed by atoms with Gasteiger partial charge in [-0.3, -0.25) is 0 Å². The molecule has 0 fully saturated rings. The smallest absolute Gasteiger partial charge is 0.0946 e. The van der Waals surface area contributed by atoms with Crippen LogP contribution >= 0.6 is 15.9 Å². The summed E-state index contributed by atoms with van der Waals surface area (Å²) in [6, 6.07) is 36.3. The minimum absolute atomic E-state index is 0.351. The molecule has 0 saturated carbocycles. The topological polar surface area (TPSA) is 17.3 Å². The van der Waals surface area contributed by atoms with Gasteiger partial charge >= 0.3 is 0 Å². The molecular formula is C32H25BrN2. The highest BCUT2D eigenvalue weighted by Crippen LogP contribution is 2.36. The summed E-state index contributed by atoms with van der Waals surface area (Å²) in [5, 5.41) is 2.47. The van der Waals surface area contributed by atoms with Crippen molar-refractivity contribution >= 4 is 54.8 Å². The molecule has 0 saturated heterocycles. The van der Waals surface area contributed by atoms with Crippen LogP contribution in [0.3, 0.4) is 0 Å². The third kappa shape index (κ3) is 4.06. The van der Waals surface area contributed by atoms with Crippen molar-refractivity contribution in [3.05, 3.63) is 131 Å². The number of benzene rings is 4. The van der Waals surface area contributed by atoms with Crippen LogP contribution in [-0.2, 0) is 0 Å². The molecule has 1 aliphatic rings. The number of fused-ring (bicyclic) bond motifs is 3. The number of para-hydroxylation sites is 1. The Hall–Kier alpha value is -3.69. The lowest BCUT2D eigenvalue weighted by Crippen LogP contribution is -2.14. The van der Waals surface area contributed by atoms with Gasteiger partial charge in [-0.25, -0.2) is 4.99 Å². The van der Waals surface area contributed by atoms with Gasteiger partial charge in [0.05, 0.1) is 28.1 Å². The van der Waals surface area contributed by atoms with Gasteiger partial charge in [0, 0.05) is 20.8 Å². The molecule has 2 nitrogen and oxygen atoms in total. The number of allylic oxidation sites excluding steroid dienone is 3. The lowest BCUT2D eigenvalue weighted by molar-refractivity contribution is 0.743. The van der Waals surface area contributed by atoms with E-state index >= 15 is 0 Å². The van der Waals surface area contributed by atoms with E-state index in [-0.39, 0.29) is 0 Å². The van der Waals surface area contributed by atoms with Crippen molar-refractivity contribution in [2.45, 2.75) is 13.3 Å². The molecule has 1 unspecified atom stereocenters. The average Bonchev–Trinajstić information content (AvgIpc) is 3.21. The highest BCUT2D eigenvalue weighted by molar-refractivity contribution is 9.10. The van der Waals surface area contributed by atoms with Gasteiger partial charge in [0.2, 0.25) is 0 Å². The van der Waals surface area contributed by atoms with Crippen molar-refractivity contribution in [3.8, 4) is 0 Å². The molecule has 4 aromatic carbocycles. The number of hydrogen-bond donors (Lipinski definition) is 0. The summed E-state index contributed by atoms with van der Waals surface area (Å²) < 4.78 is 3.48. The molecule has 0 N–H and O–H groups in total. The number of aliphatic imine (C=N–C) groups is 1. The van der Waals surface area contributed by atoms with Gasteiger partial charge in [-0.05, 0) is 42.2 Å². The predicted molar refractivity (Wildman–Crippen MR) is 153 cm³/mol. The van der Waals surface area contributed by atoms with Gasteiger partial charge in [-0.1, -0.05) is 114 Å². The van der Waals surface area contributed by atoms with Crippen molar-refractivity contribution in [1.82, 2.24) is 4.57 Å². The summed E-state index contributed by atoms with van der Waals surface area (Å²) in [5.41, 5.74) is 7.75.